The Morgan fingerprint density at radius 3 is 2.81 bits per heavy atom. The molecule has 0 unspecified atom stereocenters. The number of halogens is 1. The first-order valence-electron chi connectivity index (χ1n) is 10.2. The second kappa shape index (κ2) is 9.38. The average Bonchev–Trinajstić information content (AvgIpc) is 3.18. The number of aromatic nitrogens is 3. The van der Waals surface area contributed by atoms with Crippen molar-refractivity contribution in [2.45, 2.75) is 19.5 Å². The molecule has 7 nitrogen and oxygen atoms in total. The van der Waals surface area contributed by atoms with Crippen LogP contribution in [0.1, 0.15) is 33.0 Å². The number of hydrogen-bond acceptors (Lipinski definition) is 5. The average molecular weight is 430 g/mol. The van der Waals surface area contributed by atoms with Crippen molar-refractivity contribution in [3.05, 3.63) is 102 Å². The molecule has 0 atom stereocenters. The normalized spacial score (nSPS) is 13.6. The van der Waals surface area contributed by atoms with E-state index >= 15 is 0 Å². The van der Waals surface area contributed by atoms with Gasteiger partial charge in [-0.2, -0.15) is 5.10 Å². The van der Waals surface area contributed by atoms with Crippen molar-refractivity contribution in [3.63, 3.8) is 0 Å². The van der Waals surface area contributed by atoms with E-state index in [1.54, 1.807) is 58.3 Å². The molecular formula is C24H23FN6O. The number of benzene rings is 1. The van der Waals surface area contributed by atoms with Crippen molar-refractivity contribution in [3.8, 4) is 0 Å². The van der Waals surface area contributed by atoms with Gasteiger partial charge in [0.25, 0.3) is 5.91 Å². The molecule has 2 aromatic heterocycles. The van der Waals surface area contributed by atoms with Crippen LogP contribution in [-0.4, -0.2) is 38.3 Å². The quantitative estimate of drug-likeness (QED) is 0.609. The predicted molar refractivity (Wildman–Crippen MR) is 121 cm³/mol. The lowest BCUT2D eigenvalue weighted by Crippen LogP contribution is -2.37. The fraction of sp³-hybridized carbons (Fsp3) is 0.167. The van der Waals surface area contributed by atoms with Crippen molar-refractivity contribution in [1.29, 1.82) is 0 Å². The number of nitrogens with zero attached hydrogens (tertiary/aromatic N) is 5. The van der Waals surface area contributed by atoms with Crippen LogP contribution in [0.25, 0.3) is 5.70 Å². The summed E-state index contributed by atoms with van der Waals surface area (Å²) in [6, 6.07) is 11.9. The third kappa shape index (κ3) is 4.34. The molecule has 4 rings (SSSR count). The molecule has 0 saturated carbocycles. The van der Waals surface area contributed by atoms with Crippen molar-refractivity contribution in [2.24, 2.45) is 10.7 Å². The van der Waals surface area contributed by atoms with Crippen LogP contribution in [0.2, 0.25) is 0 Å². The zero-order valence-electron chi connectivity index (χ0n) is 17.5. The Kier molecular flexibility index (Phi) is 6.21. The number of carbonyl (C=O) groups excluding carboxylic acids is 1. The first-order chi connectivity index (χ1) is 15.6. The summed E-state index contributed by atoms with van der Waals surface area (Å²) in [5.41, 5.74) is 9.12. The molecule has 3 aromatic rings. The van der Waals surface area contributed by atoms with Gasteiger partial charge >= 0.3 is 0 Å². The Balaban J connectivity index is 1.69. The van der Waals surface area contributed by atoms with Crippen LogP contribution in [0, 0.1) is 5.82 Å². The molecule has 1 aliphatic rings. The van der Waals surface area contributed by atoms with Crippen LogP contribution >= 0.6 is 0 Å². The Morgan fingerprint density at radius 2 is 2.06 bits per heavy atom. The molecule has 32 heavy (non-hydrogen) atoms. The van der Waals surface area contributed by atoms with Gasteiger partial charge in [0, 0.05) is 42.2 Å². The van der Waals surface area contributed by atoms with E-state index < -0.39 is 0 Å². The van der Waals surface area contributed by atoms with Crippen molar-refractivity contribution < 1.29 is 9.18 Å². The zero-order valence-corrected chi connectivity index (χ0v) is 17.5. The van der Waals surface area contributed by atoms with E-state index in [-0.39, 0.29) is 18.3 Å². The van der Waals surface area contributed by atoms with Crippen LogP contribution in [0.5, 0.6) is 0 Å². The maximum Gasteiger partial charge on any atom is 0.272 e. The Bertz CT molecular complexity index is 1200. The molecule has 0 spiro atoms. The molecule has 3 heterocycles. The van der Waals surface area contributed by atoms with Crippen LogP contribution in [0.15, 0.2) is 72.5 Å². The van der Waals surface area contributed by atoms with Gasteiger partial charge in [-0.25, -0.2) is 4.39 Å². The highest BCUT2D eigenvalue weighted by Crippen LogP contribution is 2.28. The van der Waals surface area contributed by atoms with Crippen molar-refractivity contribution >= 4 is 17.8 Å². The largest absolute Gasteiger partial charge is 0.405 e. The van der Waals surface area contributed by atoms with Crippen LogP contribution in [0.4, 0.5) is 4.39 Å². The highest BCUT2D eigenvalue weighted by molar-refractivity contribution is 5.92. The number of fused-ring (bicyclic) bond motifs is 1. The smallest absolute Gasteiger partial charge is 0.272 e. The van der Waals surface area contributed by atoms with Gasteiger partial charge in [-0.15, -0.1) is 0 Å². The summed E-state index contributed by atoms with van der Waals surface area (Å²) in [5.74, 6) is -0.435. The van der Waals surface area contributed by atoms with Crippen LogP contribution in [-0.2, 0) is 19.5 Å². The van der Waals surface area contributed by atoms with E-state index in [0.717, 1.165) is 11.3 Å². The van der Waals surface area contributed by atoms with Gasteiger partial charge < -0.3 is 10.6 Å². The first-order valence-corrected chi connectivity index (χ1v) is 10.2. The monoisotopic (exact) mass is 430 g/mol. The van der Waals surface area contributed by atoms with Gasteiger partial charge in [0.1, 0.15) is 17.2 Å². The molecule has 0 radical (unpaired) electrons. The number of allylic oxidation sites excluding steroid dienone is 1. The van der Waals surface area contributed by atoms with Crippen LogP contribution < -0.4 is 5.73 Å². The maximum atomic E-state index is 14.3. The summed E-state index contributed by atoms with van der Waals surface area (Å²) >= 11 is 0. The van der Waals surface area contributed by atoms with Gasteiger partial charge in [0.05, 0.1) is 18.8 Å². The molecule has 1 amide bonds. The molecule has 8 heteroatoms. The predicted octanol–water partition coefficient (Wildman–Crippen LogP) is 3.18. The SMILES string of the molecule is C=C(N=C/C=C\N)c1nn(Cc2ccccc2F)c2c1CN(C(=O)c1ccccn1)CC2. The number of aliphatic imine (C=N–C) groups is 1. The first kappa shape index (κ1) is 21.2. The minimum Gasteiger partial charge on any atom is -0.405 e. The fourth-order valence-corrected chi connectivity index (χ4v) is 3.71. The molecular weight excluding hydrogens is 407 g/mol. The Hall–Kier alpha value is -4.07. The second-order valence-electron chi connectivity index (χ2n) is 7.32. The summed E-state index contributed by atoms with van der Waals surface area (Å²) in [7, 11) is 0. The summed E-state index contributed by atoms with van der Waals surface area (Å²) in [5, 5.41) is 4.70. The van der Waals surface area contributed by atoms with E-state index in [0.29, 0.717) is 42.2 Å². The second-order valence-corrected chi connectivity index (χ2v) is 7.32. The molecule has 0 fully saturated rings. The Labute approximate surface area is 185 Å². The summed E-state index contributed by atoms with van der Waals surface area (Å²) in [4.78, 5) is 23.2. The van der Waals surface area contributed by atoms with E-state index in [1.807, 2.05) is 0 Å². The van der Waals surface area contributed by atoms with E-state index in [2.05, 4.69) is 16.6 Å². The van der Waals surface area contributed by atoms with Gasteiger partial charge in [-0.05, 0) is 30.5 Å². The van der Waals surface area contributed by atoms with Crippen molar-refractivity contribution in [2.75, 3.05) is 6.54 Å². The standard InChI is InChI=1S/C24H23FN6O/c1-17(27-13-6-11-26)23-19-16-30(24(32)21-9-4-5-12-28-21)14-10-22(19)31(29-23)15-18-7-2-3-8-20(18)25/h2-9,11-13H,1,10,14-16,26H2/b11-6-,27-13?. The van der Waals surface area contributed by atoms with E-state index in [9.17, 15) is 9.18 Å². The lowest BCUT2D eigenvalue weighted by atomic mass is 10.0. The van der Waals surface area contributed by atoms with Crippen LogP contribution in [0.3, 0.4) is 0 Å². The molecule has 162 valence electrons. The highest BCUT2D eigenvalue weighted by Gasteiger charge is 2.29. The highest BCUT2D eigenvalue weighted by atomic mass is 19.1. The van der Waals surface area contributed by atoms with Gasteiger partial charge in [0.15, 0.2) is 0 Å². The third-order valence-corrected chi connectivity index (χ3v) is 5.28. The number of amides is 1. The number of carbonyl (C=O) groups is 1. The van der Waals surface area contributed by atoms with E-state index in [1.165, 1.54) is 18.5 Å². The molecule has 2 N–H and O–H groups in total. The maximum absolute atomic E-state index is 14.3. The van der Waals surface area contributed by atoms with Gasteiger partial charge in [-0.3, -0.25) is 19.5 Å². The van der Waals surface area contributed by atoms with Crippen molar-refractivity contribution in [1.82, 2.24) is 19.7 Å². The summed E-state index contributed by atoms with van der Waals surface area (Å²) in [6.45, 7) is 5.17. The van der Waals surface area contributed by atoms with Gasteiger partial charge in [0.2, 0.25) is 0 Å². The lowest BCUT2D eigenvalue weighted by molar-refractivity contribution is 0.0727. The zero-order chi connectivity index (χ0) is 22.5. The molecule has 1 aliphatic heterocycles. The topological polar surface area (TPSA) is 89.4 Å². The summed E-state index contributed by atoms with van der Waals surface area (Å²) < 4.78 is 16.1. The fourth-order valence-electron chi connectivity index (χ4n) is 3.71. The number of pyridine rings is 1. The lowest BCUT2D eigenvalue weighted by Gasteiger charge is -2.27. The minimum absolute atomic E-state index is 0.149. The molecule has 0 bridgehead atoms. The number of nitrogens with two attached hydrogens (primary N) is 1. The number of hydrogen-bond donors (Lipinski definition) is 1. The third-order valence-electron chi connectivity index (χ3n) is 5.28. The molecule has 0 saturated heterocycles. The van der Waals surface area contributed by atoms with E-state index in [4.69, 9.17) is 10.8 Å². The molecule has 0 aliphatic carbocycles. The van der Waals surface area contributed by atoms with Gasteiger partial charge in [-0.1, -0.05) is 30.8 Å². The Morgan fingerprint density at radius 1 is 1.25 bits per heavy atom. The number of rotatable bonds is 6. The minimum atomic E-state index is -0.286. The summed E-state index contributed by atoms with van der Waals surface area (Å²) in [6.07, 6.45) is 6.67. The molecule has 1 aromatic carbocycles.